The molecule has 0 heterocycles. The first-order chi connectivity index (χ1) is 10.3. The first-order valence-electron chi connectivity index (χ1n) is 9.38. The summed E-state index contributed by atoms with van der Waals surface area (Å²) >= 11 is 0. The largest absolute Gasteiger partial charge is 0.469 e. The second-order valence-corrected chi connectivity index (χ2v) is 6.28. The number of ether oxygens (including phenoxy) is 1. The molecule has 0 aromatic rings. The average molecular weight is 316 g/mol. The predicted octanol–water partition coefficient (Wildman–Crippen LogP) is 6.58. The molecule has 0 aromatic heterocycles. The van der Waals surface area contributed by atoms with Gasteiger partial charge in [0.05, 0.1) is 7.11 Å². The van der Waals surface area contributed by atoms with Crippen LogP contribution < -0.4 is 6.15 Å². The Morgan fingerprint density at radius 2 is 0.955 bits per heavy atom. The summed E-state index contributed by atoms with van der Waals surface area (Å²) in [5.41, 5.74) is 0. The summed E-state index contributed by atoms with van der Waals surface area (Å²) in [6, 6.07) is 0. The first-order valence-corrected chi connectivity index (χ1v) is 9.38. The monoisotopic (exact) mass is 315 g/mol. The highest BCUT2D eigenvalue weighted by Gasteiger charge is 1.99. The van der Waals surface area contributed by atoms with E-state index in [0.717, 1.165) is 6.42 Å². The number of hydrogen-bond acceptors (Lipinski definition) is 3. The first kappa shape index (κ1) is 23.7. The molecule has 3 heteroatoms. The van der Waals surface area contributed by atoms with Crippen LogP contribution in [0.5, 0.6) is 0 Å². The number of rotatable bonds is 16. The van der Waals surface area contributed by atoms with Crippen molar-refractivity contribution in [1.29, 1.82) is 0 Å². The van der Waals surface area contributed by atoms with Crippen LogP contribution in [0, 0.1) is 0 Å². The topological polar surface area (TPSA) is 61.3 Å². The number of methoxy groups -OCH3 is 1. The van der Waals surface area contributed by atoms with Gasteiger partial charge in [0.2, 0.25) is 0 Å². The van der Waals surface area contributed by atoms with Crippen molar-refractivity contribution >= 4 is 5.97 Å². The number of hydrogen-bond donors (Lipinski definition) is 1. The lowest BCUT2D eigenvalue weighted by atomic mass is 10.0. The molecule has 0 aliphatic carbocycles. The number of esters is 1. The van der Waals surface area contributed by atoms with E-state index in [2.05, 4.69) is 11.7 Å². The van der Waals surface area contributed by atoms with E-state index >= 15 is 0 Å². The maximum atomic E-state index is 10.9. The van der Waals surface area contributed by atoms with Crippen LogP contribution in [0.3, 0.4) is 0 Å². The average Bonchev–Trinajstić information content (AvgIpc) is 2.50. The van der Waals surface area contributed by atoms with Crippen molar-refractivity contribution in [2.45, 2.75) is 110 Å². The van der Waals surface area contributed by atoms with Gasteiger partial charge in [0.1, 0.15) is 0 Å². The minimum absolute atomic E-state index is 0. The molecule has 3 nitrogen and oxygen atoms in total. The minimum Gasteiger partial charge on any atom is -0.469 e. The standard InChI is InChI=1S/C19H38O2.H3N/c1-3-4-5-6-7-8-9-10-11-12-13-14-15-16-17-18-19(20)21-2;/h3-18H2,1-2H3;1H3. The lowest BCUT2D eigenvalue weighted by Crippen LogP contribution is -1.99. The molecular formula is C19H41NO2. The van der Waals surface area contributed by atoms with Crippen LogP contribution in [-0.4, -0.2) is 13.1 Å². The van der Waals surface area contributed by atoms with Crippen LogP contribution >= 0.6 is 0 Å². The molecule has 0 bridgehead atoms. The highest BCUT2D eigenvalue weighted by atomic mass is 16.5. The molecule has 0 rings (SSSR count). The van der Waals surface area contributed by atoms with Crippen molar-refractivity contribution in [2.75, 3.05) is 7.11 Å². The van der Waals surface area contributed by atoms with Crippen molar-refractivity contribution < 1.29 is 9.53 Å². The third-order valence-corrected chi connectivity index (χ3v) is 4.21. The molecule has 0 atom stereocenters. The van der Waals surface area contributed by atoms with E-state index in [1.165, 1.54) is 97.0 Å². The molecule has 0 spiro atoms. The third-order valence-electron chi connectivity index (χ3n) is 4.21. The van der Waals surface area contributed by atoms with Crippen molar-refractivity contribution in [3.63, 3.8) is 0 Å². The molecule has 0 aliphatic rings. The second-order valence-electron chi connectivity index (χ2n) is 6.28. The van der Waals surface area contributed by atoms with Crippen molar-refractivity contribution in [3.05, 3.63) is 0 Å². The fraction of sp³-hybridized carbons (Fsp3) is 0.947. The van der Waals surface area contributed by atoms with Crippen LogP contribution in [0.4, 0.5) is 0 Å². The zero-order chi connectivity index (χ0) is 15.6. The minimum atomic E-state index is -0.0651. The van der Waals surface area contributed by atoms with Crippen LogP contribution in [-0.2, 0) is 9.53 Å². The highest BCUT2D eigenvalue weighted by Crippen LogP contribution is 2.13. The lowest BCUT2D eigenvalue weighted by Gasteiger charge is -2.03. The van der Waals surface area contributed by atoms with Gasteiger partial charge in [-0.1, -0.05) is 96.8 Å². The van der Waals surface area contributed by atoms with E-state index in [1.807, 2.05) is 0 Å². The van der Waals surface area contributed by atoms with Crippen LogP contribution in [0.25, 0.3) is 0 Å². The molecule has 3 N–H and O–H groups in total. The summed E-state index contributed by atoms with van der Waals surface area (Å²) in [5.74, 6) is -0.0651. The van der Waals surface area contributed by atoms with Gasteiger partial charge >= 0.3 is 5.97 Å². The van der Waals surface area contributed by atoms with E-state index in [9.17, 15) is 4.79 Å². The Bertz CT molecular complexity index is 219. The van der Waals surface area contributed by atoms with Gasteiger partial charge in [-0.15, -0.1) is 0 Å². The van der Waals surface area contributed by atoms with E-state index in [-0.39, 0.29) is 12.1 Å². The van der Waals surface area contributed by atoms with Gasteiger partial charge in [0.15, 0.2) is 0 Å². The molecule has 0 saturated carbocycles. The quantitative estimate of drug-likeness (QED) is 0.258. The molecule has 0 aromatic carbocycles. The number of carbonyl (C=O) groups excluding carboxylic acids is 1. The molecule has 22 heavy (non-hydrogen) atoms. The summed E-state index contributed by atoms with van der Waals surface area (Å²) in [7, 11) is 1.47. The number of carbonyl (C=O) groups is 1. The van der Waals surface area contributed by atoms with Gasteiger partial charge in [-0.2, -0.15) is 0 Å². The van der Waals surface area contributed by atoms with Gasteiger partial charge in [-0.05, 0) is 6.42 Å². The molecule has 0 saturated heterocycles. The zero-order valence-electron chi connectivity index (χ0n) is 15.3. The fourth-order valence-corrected chi connectivity index (χ4v) is 2.74. The summed E-state index contributed by atoms with van der Waals surface area (Å²) < 4.78 is 4.63. The van der Waals surface area contributed by atoms with E-state index in [0.29, 0.717) is 6.42 Å². The van der Waals surface area contributed by atoms with Crippen LogP contribution in [0.15, 0.2) is 0 Å². The molecule has 0 aliphatic heterocycles. The normalized spacial score (nSPS) is 10.3. The summed E-state index contributed by atoms with van der Waals surface area (Å²) in [4.78, 5) is 10.9. The van der Waals surface area contributed by atoms with E-state index in [4.69, 9.17) is 0 Å². The Labute approximate surface area is 139 Å². The Kier molecular flexibility index (Phi) is 22.0. The Morgan fingerprint density at radius 3 is 1.27 bits per heavy atom. The SMILES string of the molecule is CCCCCCCCCCCCCCCCCC(=O)OC.N. The van der Waals surface area contributed by atoms with Gasteiger partial charge in [0.25, 0.3) is 0 Å². The summed E-state index contributed by atoms with van der Waals surface area (Å²) in [5, 5.41) is 0. The van der Waals surface area contributed by atoms with Crippen molar-refractivity contribution in [2.24, 2.45) is 0 Å². The van der Waals surface area contributed by atoms with Gasteiger partial charge in [0, 0.05) is 6.42 Å². The Hall–Kier alpha value is -0.570. The Balaban J connectivity index is 0. The van der Waals surface area contributed by atoms with Gasteiger partial charge in [-0.25, -0.2) is 0 Å². The van der Waals surface area contributed by atoms with Crippen molar-refractivity contribution in [3.8, 4) is 0 Å². The molecule has 0 amide bonds. The van der Waals surface area contributed by atoms with Crippen molar-refractivity contribution in [1.82, 2.24) is 6.15 Å². The van der Waals surface area contributed by atoms with Crippen LogP contribution in [0.1, 0.15) is 110 Å². The zero-order valence-corrected chi connectivity index (χ0v) is 15.3. The second kappa shape index (κ2) is 20.4. The highest BCUT2D eigenvalue weighted by molar-refractivity contribution is 5.68. The molecule has 0 fully saturated rings. The third kappa shape index (κ3) is 19.4. The maximum absolute atomic E-state index is 10.9. The van der Waals surface area contributed by atoms with E-state index in [1.54, 1.807) is 0 Å². The summed E-state index contributed by atoms with van der Waals surface area (Å²) in [6.45, 7) is 2.28. The Morgan fingerprint density at radius 1 is 0.636 bits per heavy atom. The molecule has 0 radical (unpaired) electrons. The fourth-order valence-electron chi connectivity index (χ4n) is 2.74. The van der Waals surface area contributed by atoms with Crippen LogP contribution in [0.2, 0.25) is 0 Å². The smallest absolute Gasteiger partial charge is 0.305 e. The maximum Gasteiger partial charge on any atom is 0.305 e. The molecule has 0 unspecified atom stereocenters. The summed E-state index contributed by atoms with van der Waals surface area (Å²) in [6.07, 6.45) is 20.9. The van der Waals surface area contributed by atoms with Gasteiger partial charge < -0.3 is 10.9 Å². The predicted molar refractivity (Wildman–Crippen MR) is 96.6 cm³/mol. The van der Waals surface area contributed by atoms with E-state index < -0.39 is 0 Å². The number of unbranched alkanes of at least 4 members (excludes halogenated alkanes) is 14. The molecular weight excluding hydrogens is 274 g/mol. The lowest BCUT2D eigenvalue weighted by molar-refractivity contribution is -0.140. The molecule has 134 valence electrons. The van der Waals surface area contributed by atoms with Gasteiger partial charge in [-0.3, -0.25) is 4.79 Å².